The second kappa shape index (κ2) is 8.64. The van der Waals surface area contributed by atoms with E-state index in [4.69, 9.17) is 9.47 Å². The highest BCUT2D eigenvalue weighted by Crippen LogP contribution is 2.41. The quantitative estimate of drug-likeness (QED) is 0.639. The zero-order valence-corrected chi connectivity index (χ0v) is 18.9. The molecule has 3 aliphatic rings. The molecule has 0 atom stereocenters. The first-order valence-corrected chi connectivity index (χ1v) is 12.2. The highest BCUT2D eigenvalue weighted by Gasteiger charge is 2.31. The number of aromatic amines is 1. The van der Waals surface area contributed by atoms with Crippen molar-refractivity contribution < 1.29 is 9.47 Å². The fourth-order valence-electron chi connectivity index (χ4n) is 5.94. The maximum Gasteiger partial charge on any atom is 0.184 e. The minimum atomic E-state index is 0.582. The Morgan fingerprint density at radius 2 is 1.76 bits per heavy atom. The molecule has 0 radical (unpaired) electrons. The first kappa shape index (κ1) is 20.4. The molecule has 1 saturated carbocycles. The zero-order chi connectivity index (χ0) is 22.2. The van der Waals surface area contributed by atoms with E-state index in [2.05, 4.69) is 39.2 Å². The van der Waals surface area contributed by atoms with Gasteiger partial charge in [-0.05, 0) is 67.5 Å². The predicted molar refractivity (Wildman–Crippen MR) is 129 cm³/mol. The van der Waals surface area contributed by atoms with Crippen LogP contribution in [0, 0.1) is 11.3 Å². The molecule has 3 heterocycles. The van der Waals surface area contributed by atoms with Crippen LogP contribution in [0.25, 0.3) is 10.9 Å². The van der Waals surface area contributed by atoms with E-state index in [0.717, 1.165) is 48.8 Å². The number of nitrogens with zero attached hydrogens (tertiary/aromatic N) is 3. The molecule has 2 fully saturated rings. The van der Waals surface area contributed by atoms with Gasteiger partial charge in [-0.3, -0.25) is 4.90 Å². The summed E-state index contributed by atoms with van der Waals surface area (Å²) in [6, 6.07) is 15.2. The van der Waals surface area contributed by atoms with Crippen LogP contribution in [0.1, 0.15) is 42.7 Å². The number of nitrogens with one attached hydrogen (secondary N) is 1. The fraction of sp³-hybridized carbons (Fsp3) is 0.444. The number of ether oxygens (including phenoxy) is 2. The lowest BCUT2D eigenvalue weighted by atomic mass is 9.81. The van der Waals surface area contributed by atoms with Gasteiger partial charge < -0.3 is 19.4 Å². The van der Waals surface area contributed by atoms with E-state index < -0.39 is 0 Å². The molecule has 0 bridgehead atoms. The fourth-order valence-corrected chi connectivity index (χ4v) is 5.94. The summed E-state index contributed by atoms with van der Waals surface area (Å²) in [4.78, 5) is 8.56. The molecule has 6 heteroatoms. The van der Waals surface area contributed by atoms with E-state index in [1.165, 1.54) is 42.3 Å². The van der Waals surface area contributed by atoms with E-state index in [1.54, 1.807) is 0 Å². The lowest BCUT2D eigenvalue weighted by Crippen LogP contribution is -2.51. The number of benzene rings is 2. The Bertz CT molecular complexity index is 1180. The second-order valence-electron chi connectivity index (χ2n) is 9.45. The van der Waals surface area contributed by atoms with Crippen LogP contribution in [0.15, 0.2) is 42.6 Å². The molecule has 1 aromatic heterocycles. The van der Waals surface area contributed by atoms with E-state index in [0.29, 0.717) is 25.2 Å². The number of H-pyrrole nitrogens is 1. The van der Waals surface area contributed by atoms with Gasteiger partial charge in [0.1, 0.15) is 13.2 Å². The Morgan fingerprint density at radius 3 is 2.58 bits per heavy atom. The van der Waals surface area contributed by atoms with Gasteiger partial charge in [0.05, 0.1) is 17.3 Å². The number of anilines is 1. The van der Waals surface area contributed by atoms with Gasteiger partial charge in [-0.2, -0.15) is 5.26 Å². The van der Waals surface area contributed by atoms with Crippen LogP contribution < -0.4 is 14.4 Å². The SMILES string of the molecule is N#Cc1ccc2[nH]cc(C3CCC(N4CCN(c5cccc6c5OCCO6)CC4)CC3)c2c1. The number of aromatic nitrogens is 1. The number of hydrogen-bond acceptors (Lipinski definition) is 5. The average molecular weight is 443 g/mol. The molecule has 6 rings (SSSR count). The van der Waals surface area contributed by atoms with Gasteiger partial charge in [0.25, 0.3) is 0 Å². The molecule has 0 unspecified atom stereocenters. The Balaban J connectivity index is 1.08. The van der Waals surface area contributed by atoms with Crippen molar-refractivity contribution >= 4 is 16.6 Å². The molecule has 0 spiro atoms. The Kier molecular flexibility index (Phi) is 5.35. The van der Waals surface area contributed by atoms with Crippen molar-refractivity contribution in [2.45, 2.75) is 37.6 Å². The topological polar surface area (TPSA) is 64.5 Å². The Labute approximate surface area is 194 Å². The normalized spacial score (nSPS) is 23.4. The molecule has 1 N–H and O–H groups in total. The highest BCUT2D eigenvalue weighted by molar-refractivity contribution is 5.85. The van der Waals surface area contributed by atoms with Gasteiger partial charge in [0, 0.05) is 49.3 Å². The van der Waals surface area contributed by atoms with E-state index in [1.807, 2.05) is 24.3 Å². The van der Waals surface area contributed by atoms with Crippen LogP contribution in [-0.4, -0.2) is 55.3 Å². The van der Waals surface area contributed by atoms with Crippen molar-refractivity contribution in [3.63, 3.8) is 0 Å². The van der Waals surface area contributed by atoms with Crippen LogP contribution in [0.2, 0.25) is 0 Å². The summed E-state index contributed by atoms with van der Waals surface area (Å²) in [5, 5.41) is 10.5. The zero-order valence-electron chi connectivity index (χ0n) is 18.9. The molecular formula is C27H30N4O2. The minimum Gasteiger partial charge on any atom is -0.486 e. The van der Waals surface area contributed by atoms with Crippen LogP contribution in [-0.2, 0) is 0 Å². The van der Waals surface area contributed by atoms with Crippen LogP contribution in [0.4, 0.5) is 5.69 Å². The van der Waals surface area contributed by atoms with Crippen LogP contribution >= 0.6 is 0 Å². The molecule has 6 nitrogen and oxygen atoms in total. The number of rotatable bonds is 3. The van der Waals surface area contributed by atoms with Crippen molar-refractivity contribution in [3.8, 4) is 17.6 Å². The molecule has 1 saturated heterocycles. The van der Waals surface area contributed by atoms with E-state index >= 15 is 0 Å². The van der Waals surface area contributed by atoms with E-state index in [9.17, 15) is 5.26 Å². The van der Waals surface area contributed by atoms with Gasteiger partial charge in [0.2, 0.25) is 0 Å². The number of piperazine rings is 1. The third kappa shape index (κ3) is 3.81. The number of para-hydroxylation sites is 1. The third-order valence-electron chi connectivity index (χ3n) is 7.70. The maximum absolute atomic E-state index is 9.28. The molecule has 2 aliphatic heterocycles. The summed E-state index contributed by atoms with van der Waals surface area (Å²) in [7, 11) is 0. The largest absolute Gasteiger partial charge is 0.486 e. The summed E-state index contributed by atoms with van der Waals surface area (Å²) in [6.07, 6.45) is 7.08. The van der Waals surface area contributed by atoms with Crippen molar-refractivity contribution in [1.82, 2.24) is 9.88 Å². The highest BCUT2D eigenvalue weighted by atomic mass is 16.6. The van der Waals surface area contributed by atoms with Crippen molar-refractivity contribution in [3.05, 3.63) is 53.7 Å². The second-order valence-corrected chi connectivity index (χ2v) is 9.45. The number of nitriles is 1. The van der Waals surface area contributed by atoms with Crippen molar-refractivity contribution in [2.24, 2.45) is 0 Å². The first-order chi connectivity index (χ1) is 16.3. The first-order valence-electron chi connectivity index (χ1n) is 12.2. The summed E-state index contributed by atoms with van der Waals surface area (Å²) in [5.74, 6) is 2.37. The summed E-state index contributed by atoms with van der Waals surface area (Å²) in [5.41, 5.74) is 4.44. The Morgan fingerprint density at radius 1 is 0.939 bits per heavy atom. The smallest absolute Gasteiger partial charge is 0.184 e. The molecular weight excluding hydrogens is 412 g/mol. The molecule has 0 amide bonds. The van der Waals surface area contributed by atoms with Gasteiger partial charge >= 0.3 is 0 Å². The number of fused-ring (bicyclic) bond motifs is 2. The molecule has 170 valence electrons. The lowest BCUT2D eigenvalue weighted by Gasteiger charge is -2.43. The van der Waals surface area contributed by atoms with Gasteiger partial charge in [-0.15, -0.1) is 0 Å². The van der Waals surface area contributed by atoms with Crippen molar-refractivity contribution in [1.29, 1.82) is 5.26 Å². The average Bonchev–Trinajstić information content (AvgIpc) is 3.32. The van der Waals surface area contributed by atoms with E-state index in [-0.39, 0.29) is 0 Å². The molecule has 3 aromatic rings. The Hall–Kier alpha value is -3.17. The molecule has 2 aromatic carbocycles. The summed E-state index contributed by atoms with van der Waals surface area (Å²) in [6.45, 7) is 5.50. The van der Waals surface area contributed by atoms with Gasteiger partial charge in [0.15, 0.2) is 11.5 Å². The lowest BCUT2D eigenvalue weighted by molar-refractivity contribution is 0.140. The summed E-state index contributed by atoms with van der Waals surface area (Å²) >= 11 is 0. The minimum absolute atomic E-state index is 0.582. The molecule has 33 heavy (non-hydrogen) atoms. The predicted octanol–water partition coefficient (Wildman–Crippen LogP) is 4.66. The van der Waals surface area contributed by atoms with Crippen molar-refractivity contribution in [2.75, 3.05) is 44.3 Å². The van der Waals surface area contributed by atoms with Gasteiger partial charge in [-0.1, -0.05) is 6.07 Å². The maximum atomic E-state index is 9.28. The summed E-state index contributed by atoms with van der Waals surface area (Å²) < 4.78 is 11.7. The number of hydrogen-bond donors (Lipinski definition) is 1. The van der Waals surface area contributed by atoms with Crippen LogP contribution in [0.5, 0.6) is 11.5 Å². The van der Waals surface area contributed by atoms with Crippen LogP contribution in [0.3, 0.4) is 0 Å². The monoisotopic (exact) mass is 442 g/mol. The van der Waals surface area contributed by atoms with Gasteiger partial charge in [-0.25, -0.2) is 0 Å². The standard InChI is InChI=1S/C27H30N4O2/c28-17-19-4-9-24-22(16-19)23(18-29-24)20-5-7-21(8-6-20)30-10-12-31(13-11-30)25-2-1-3-26-27(25)33-15-14-32-26/h1-4,9,16,18,20-21,29H,5-8,10-15H2. The molecule has 1 aliphatic carbocycles. The third-order valence-corrected chi connectivity index (χ3v) is 7.70.